The predicted molar refractivity (Wildman–Crippen MR) is 66.7 cm³/mol. The van der Waals surface area contributed by atoms with Crippen molar-refractivity contribution in [1.82, 2.24) is 10.2 Å². The van der Waals surface area contributed by atoms with E-state index in [1.807, 2.05) is 0 Å². The van der Waals surface area contributed by atoms with Crippen LogP contribution in [0.1, 0.15) is 39.5 Å². The number of likely N-dealkylation sites (tertiary alicyclic amines) is 1. The molecule has 2 fully saturated rings. The van der Waals surface area contributed by atoms with Crippen LogP contribution >= 0.6 is 0 Å². The van der Waals surface area contributed by atoms with E-state index in [-0.39, 0.29) is 0 Å². The van der Waals surface area contributed by atoms with Crippen LogP contribution in [0.2, 0.25) is 0 Å². The van der Waals surface area contributed by atoms with Crippen LogP contribution in [0.4, 0.5) is 0 Å². The third kappa shape index (κ3) is 2.96. The normalized spacial score (nSPS) is 40.7. The van der Waals surface area contributed by atoms with Crippen molar-refractivity contribution in [2.75, 3.05) is 20.2 Å². The fraction of sp³-hybridized carbons (Fsp3) is 1.00. The Hall–Kier alpha value is -0.120. The monoisotopic (exact) mass is 226 g/mol. The molecule has 0 amide bonds. The Kier molecular flexibility index (Phi) is 4.22. The van der Waals surface area contributed by atoms with Gasteiger partial charge in [-0.05, 0) is 53.1 Å². The van der Waals surface area contributed by atoms with Crippen molar-refractivity contribution in [2.24, 2.45) is 0 Å². The molecule has 2 aliphatic rings. The summed E-state index contributed by atoms with van der Waals surface area (Å²) in [6.45, 7) is 6.51. The van der Waals surface area contributed by atoms with Gasteiger partial charge in [-0.1, -0.05) is 0 Å². The molecule has 2 unspecified atom stereocenters. The van der Waals surface area contributed by atoms with E-state index in [4.69, 9.17) is 4.74 Å². The summed E-state index contributed by atoms with van der Waals surface area (Å²) in [5.74, 6) is 0. The van der Waals surface area contributed by atoms with Gasteiger partial charge in [0.25, 0.3) is 0 Å². The van der Waals surface area contributed by atoms with Crippen molar-refractivity contribution in [2.45, 2.75) is 63.8 Å². The summed E-state index contributed by atoms with van der Waals surface area (Å²) < 4.78 is 5.59. The van der Waals surface area contributed by atoms with E-state index in [0.29, 0.717) is 6.10 Å². The van der Waals surface area contributed by atoms with Crippen LogP contribution in [-0.4, -0.2) is 49.3 Å². The average Bonchev–Trinajstić information content (AvgIpc) is 2.20. The van der Waals surface area contributed by atoms with Crippen LogP contribution < -0.4 is 5.32 Å². The molecule has 1 N–H and O–H groups in total. The Morgan fingerprint density at radius 3 is 2.62 bits per heavy atom. The highest BCUT2D eigenvalue weighted by Gasteiger charge is 2.32. The van der Waals surface area contributed by atoms with Crippen molar-refractivity contribution >= 4 is 0 Å². The lowest BCUT2D eigenvalue weighted by molar-refractivity contribution is -0.0150. The fourth-order valence-electron chi connectivity index (χ4n) is 2.85. The van der Waals surface area contributed by atoms with Gasteiger partial charge < -0.3 is 15.0 Å². The first-order valence-electron chi connectivity index (χ1n) is 6.77. The molecule has 94 valence electrons. The van der Waals surface area contributed by atoms with Crippen LogP contribution in [0, 0.1) is 0 Å². The lowest BCUT2D eigenvalue weighted by atomic mass is 9.87. The van der Waals surface area contributed by atoms with Crippen molar-refractivity contribution in [3.63, 3.8) is 0 Å². The molecule has 0 bridgehead atoms. The van der Waals surface area contributed by atoms with Gasteiger partial charge >= 0.3 is 0 Å². The summed E-state index contributed by atoms with van der Waals surface area (Å²) in [4.78, 5) is 2.46. The maximum absolute atomic E-state index is 5.59. The van der Waals surface area contributed by atoms with Gasteiger partial charge in [-0.2, -0.15) is 0 Å². The smallest absolute Gasteiger partial charge is 0.0604 e. The van der Waals surface area contributed by atoms with E-state index in [9.17, 15) is 0 Å². The minimum absolute atomic E-state index is 0.534. The molecule has 3 nitrogen and oxygen atoms in total. The Morgan fingerprint density at radius 1 is 1.25 bits per heavy atom. The molecule has 1 aliphatic carbocycles. The molecule has 3 heteroatoms. The highest BCUT2D eigenvalue weighted by Crippen LogP contribution is 2.25. The van der Waals surface area contributed by atoms with Gasteiger partial charge in [0.05, 0.1) is 6.10 Å². The molecule has 0 aromatic rings. The summed E-state index contributed by atoms with van der Waals surface area (Å²) in [5.41, 5.74) is 0. The lowest BCUT2D eigenvalue weighted by Crippen LogP contribution is -2.53. The second-order valence-corrected chi connectivity index (χ2v) is 5.46. The minimum Gasteiger partial charge on any atom is -0.378 e. The maximum Gasteiger partial charge on any atom is 0.0604 e. The van der Waals surface area contributed by atoms with E-state index in [1.165, 1.54) is 32.2 Å². The van der Waals surface area contributed by atoms with E-state index in [0.717, 1.165) is 24.7 Å². The zero-order valence-corrected chi connectivity index (χ0v) is 10.9. The number of hydrogen-bond donors (Lipinski definition) is 1. The topological polar surface area (TPSA) is 24.5 Å². The molecule has 1 aliphatic heterocycles. The van der Waals surface area contributed by atoms with Crippen molar-refractivity contribution < 1.29 is 4.74 Å². The molecular weight excluding hydrogens is 200 g/mol. The molecule has 2 rings (SSSR count). The van der Waals surface area contributed by atoms with Gasteiger partial charge in [-0.25, -0.2) is 0 Å². The molecule has 0 aromatic carbocycles. The van der Waals surface area contributed by atoms with Crippen LogP contribution in [0.5, 0.6) is 0 Å². The number of rotatable bonds is 4. The third-order valence-corrected chi connectivity index (χ3v) is 4.18. The van der Waals surface area contributed by atoms with E-state index in [2.05, 4.69) is 31.1 Å². The van der Waals surface area contributed by atoms with E-state index >= 15 is 0 Å². The highest BCUT2D eigenvalue weighted by atomic mass is 16.5. The molecule has 16 heavy (non-hydrogen) atoms. The molecule has 0 radical (unpaired) electrons. The van der Waals surface area contributed by atoms with E-state index in [1.54, 1.807) is 0 Å². The lowest BCUT2D eigenvalue weighted by Gasteiger charge is -2.42. The number of nitrogens with zero attached hydrogens (tertiary/aromatic N) is 1. The first-order valence-corrected chi connectivity index (χ1v) is 6.77. The van der Waals surface area contributed by atoms with Crippen LogP contribution in [0.15, 0.2) is 0 Å². The van der Waals surface area contributed by atoms with Crippen molar-refractivity contribution in [3.8, 4) is 0 Å². The molecule has 1 saturated heterocycles. The quantitative estimate of drug-likeness (QED) is 0.788. The summed E-state index contributed by atoms with van der Waals surface area (Å²) in [6, 6.07) is 2.19. The van der Waals surface area contributed by atoms with Gasteiger partial charge in [-0.15, -0.1) is 0 Å². The average molecular weight is 226 g/mol. The minimum atomic E-state index is 0.534. The fourth-order valence-corrected chi connectivity index (χ4v) is 2.85. The second kappa shape index (κ2) is 5.48. The van der Waals surface area contributed by atoms with Gasteiger partial charge in [0.15, 0.2) is 0 Å². The molecule has 0 aromatic heterocycles. The van der Waals surface area contributed by atoms with Gasteiger partial charge in [0.2, 0.25) is 0 Å². The van der Waals surface area contributed by atoms with E-state index < -0.39 is 0 Å². The second-order valence-electron chi connectivity index (χ2n) is 5.46. The Morgan fingerprint density at radius 2 is 2.00 bits per heavy atom. The van der Waals surface area contributed by atoms with Crippen LogP contribution in [0.25, 0.3) is 0 Å². The highest BCUT2D eigenvalue weighted by molar-refractivity contribution is 4.91. The predicted octanol–water partition coefficient (Wildman–Crippen LogP) is 1.63. The Labute approximate surface area is 99.5 Å². The number of ether oxygens (including phenoxy) is 1. The first kappa shape index (κ1) is 12.3. The van der Waals surface area contributed by atoms with Crippen molar-refractivity contribution in [3.05, 3.63) is 0 Å². The maximum atomic E-state index is 5.59. The van der Waals surface area contributed by atoms with Gasteiger partial charge in [0, 0.05) is 24.7 Å². The molecule has 1 saturated carbocycles. The zero-order chi connectivity index (χ0) is 11.5. The largest absolute Gasteiger partial charge is 0.378 e. The summed E-state index contributed by atoms with van der Waals surface area (Å²) in [5, 5.41) is 3.79. The molecule has 0 spiro atoms. The van der Waals surface area contributed by atoms with Crippen LogP contribution in [0.3, 0.4) is 0 Å². The van der Waals surface area contributed by atoms with Gasteiger partial charge in [0.1, 0.15) is 0 Å². The molecule has 2 atom stereocenters. The number of nitrogens with one attached hydrogen (secondary N) is 1. The van der Waals surface area contributed by atoms with Crippen molar-refractivity contribution in [1.29, 1.82) is 0 Å². The third-order valence-electron chi connectivity index (χ3n) is 4.18. The SMILES string of the molecule is CCOC1CC(NC2CCN(C)C(C)C2)C1. The van der Waals surface area contributed by atoms with Gasteiger partial charge in [-0.3, -0.25) is 0 Å². The number of piperidine rings is 1. The Balaban J connectivity index is 1.64. The zero-order valence-electron chi connectivity index (χ0n) is 10.9. The standard InChI is InChI=1S/C13H26N2O/c1-4-16-13-8-12(9-13)14-11-5-6-15(3)10(2)7-11/h10-14H,4-9H2,1-3H3. The Bertz CT molecular complexity index is 216. The summed E-state index contributed by atoms with van der Waals surface area (Å²) >= 11 is 0. The summed E-state index contributed by atoms with van der Waals surface area (Å²) in [6.07, 6.45) is 5.57. The van der Waals surface area contributed by atoms with Crippen LogP contribution in [-0.2, 0) is 4.74 Å². The summed E-state index contributed by atoms with van der Waals surface area (Å²) in [7, 11) is 2.23. The molecule has 1 heterocycles. The molecular formula is C13H26N2O. The first-order chi connectivity index (χ1) is 7.69. The number of hydrogen-bond acceptors (Lipinski definition) is 3.